The number of hydrogen-bond donors (Lipinski definition) is 0. The minimum absolute atomic E-state index is 0.00913. The molecule has 1 aromatic rings. The normalized spacial score (nSPS) is 13.2. The van der Waals surface area contributed by atoms with E-state index in [0.29, 0.717) is 6.54 Å². The van der Waals surface area contributed by atoms with Crippen molar-refractivity contribution in [1.82, 2.24) is 0 Å². The van der Waals surface area contributed by atoms with Crippen LogP contribution in [-0.2, 0) is 22.9 Å². The molecule has 212 valence electrons. The molecule has 0 saturated heterocycles. The lowest BCUT2D eigenvalue weighted by atomic mass is 10.1. The first-order valence-electron chi connectivity index (χ1n) is 14.3. The van der Waals surface area contributed by atoms with Crippen LogP contribution in [0, 0.1) is 0 Å². The van der Waals surface area contributed by atoms with Crippen molar-refractivity contribution in [3.05, 3.63) is 30.3 Å². The molecule has 0 aliphatic rings. The molecule has 0 spiro atoms. The van der Waals surface area contributed by atoms with Gasteiger partial charge in [-0.15, -0.1) is 0 Å². The summed E-state index contributed by atoms with van der Waals surface area (Å²) in [7, 11) is -4.33. The van der Waals surface area contributed by atoms with E-state index in [-0.39, 0.29) is 18.4 Å². The van der Waals surface area contributed by atoms with Crippen LogP contribution in [0.5, 0.6) is 0 Å². The van der Waals surface area contributed by atoms with Crippen LogP contribution in [0.1, 0.15) is 54.4 Å². The van der Waals surface area contributed by atoms with Crippen molar-refractivity contribution < 1.29 is 22.9 Å². The van der Waals surface area contributed by atoms with Gasteiger partial charge >= 0.3 is 5.97 Å². The Morgan fingerprint density at radius 2 is 1.30 bits per heavy atom. The first-order chi connectivity index (χ1) is 17.5. The number of para-hydroxylation sites is 1. The lowest BCUT2D eigenvalue weighted by Gasteiger charge is -2.37. The highest BCUT2D eigenvalue weighted by molar-refractivity contribution is 6.75. The molecule has 0 N–H and O–H groups in total. The second-order valence-corrected chi connectivity index (χ2v) is 24.5. The minimum Gasteiger partial charge on any atom is -0.519 e. The second-order valence-electron chi connectivity index (χ2n) is 10.7. The van der Waals surface area contributed by atoms with Gasteiger partial charge < -0.3 is 18.2 Å². The highest BCUT2D eigenvalue weighted by Gasteiger charge is 2.40. The van der Waals surface area contributed by atoms with Crippen LogP contribution in [0.2, 0.25) is 55.4 Å². The third-order valence-corrected chi connectivity index (χ3v) is 20.0. The highest BCUT2D eigenvalue weighted by atomic mass is 28.4. The molecule has 0 radical (unpaired) electrons. The van der Waals surface area contributed by atoms with E-state index in [0.717, 1.165) is 54.4 Å². The van der Waals surface area contributed by atoms with Crippen LogP contribution in [0.15, 0.2) is 30.3 Å². The molecular weight excluding hydrogens is 515 g/mol. The molecule has 9 heteroatoms. The predicted octanol–water partition coefficient (Wildman–Crippen LogP) is 7.59. The largest absolute Gasteiger partial charge is 0.519 e. The van der Waals surface area contributed by atoms with E-state index in [4.69, 9.17) is 13.3 Å². The first kappa shape index (κ1) is 33.6. The smallest absolute Gasteiger partial charge is 0.316 e. The number of benzene rings is 1. The minimum atomic E-state index is -2.21. The van der Waals surface area contributed by atoms with Crippen LogP contribution < -0.4 is 4.90 Å². The predicted molar refractivity (Wildman–Crippen MR) is 163 cm³/mol. The van der Waals surface area contributed by atoms with E-state index in [1.807, 2.05) is 30.3 Å². The summed E-state index contributed by atoms with van der Waals surface area (Å²) in [6.07, 6.45) is 0.880. The number of nitrogens with zero attached hydrogens (tertiary/aromatic N) is 1. The van der Waals surface area contributed by atoms with Crippen LogP contribution >= 0.6 is 0 Å². The number of carbonyl (C=O) groups is 2. The molecule has 0 aromatic heterocycles. The molecule has 1 rings (SSSR count). The van der Waals surface area contributed by atoms with Gasteiger partial charge in [-0.1, -0.05) is 59.7 Å². The lowest BCUT2D eigenvalue weighted by molar-refractivity contribution is -0.143. The Labute approximate surface area is 229 Å². The maximum absolute atomic E-state index is 13.9. The standard InChI is InChI=1S/C28H53NO5Si3/c1-10-36(11-2,12-3)33-27(30)24-26(28(31)34-37(13-4,14-5)15-6)29(25-20-17-16-18-21-25)22-19-23-35(8,9)32-7/h16-18,20-21,26H,10-15,19,22-24H2,1-9H3. The quantitative estimate of drug-likeness (QED) is 0.170. The summed E-state index contributed by atoms with van der Waals surface area (Å²) in [5.41, 5.74) is 0.927. The van der Waals surface area contributed by atoms with Gasteiger partial charge in [0.25, 0.3) is 22.6 Å². The van der Waals surface area contributed by atoms with Gasteiger partial charge in [0.15, 0.2) is 8.32 Å². The summed E-state index contributed by atoms with van der Waals surface area (Å²) < 4.78 is 18.3. The van der Waals surface area contributed by atoms with Gasteiger partial charge in [0.05, 0.1) is 6.42 Å². The molecule has 37 heavy (non-hydrogen) atoms. The van der Waals surface area contributed by atoms with Crippen molar-refractivity contribution in [3.8, 4) is 0 Å². The van der Waals surface area contributed by atoms with Crippen LogP contribution in [0.25, 0.3) is 0 Å². The first-order valence-corrected chi connectivity index (χ1v) is 22.5. The van der Waals surface area contributed by atoms with Crippen molar-refractivity contribution in [2.24, 2.45) is 0 Å². The Morgan fingerprint density at radius 1 is 0.811 bits per heavy atom. The van der Waals surface area contributed by atoms with Gasteiger partial charge in [0.1, 0.15) is 6.04 Å². The summed E-state index contributed by atoms with van der Waals surface area (Å²) in [6.45, 7) is 17.7. The Balaban J connectivity index is 3.41. The summed E-state index contributed by atoms with van der Waals surface area (Å²) in [5.74, 6) is -0.554. The topological polar surface area (TPSA) is 65.1 Å². The van der Waals surface area contributed by atoms with Gasteiger partial charge in [-0.25, -0.2) is 0 Å². The van der Waals surface area contributed by atoms with Gasteiger partial charge in [-0.3, -0.25) is 9.59 Å². The molecular formula is C28H53NO5Si3. The van der Waals surface area contributed by atoms with Crippen molar-refractivity contribution >= 4 is 42.6 Å². The number of rotatable bonds is 18. The van der Waals surface area contributed by atoms with E-state index >= 15 is 0 Å². The Bertz CT molecular complexity index is 797. The van der Waals surface area contributed by atoms with Crippen molar-refractivity contribution in [2.75, 3.05) is 18.6 Å². The molecule has 0 amide bonds. The fraction of sp³-hybridized carbons (Fsp3) is 0.714. The van der Waals surface area contributed by atoms with Gasteiger partial charge in [0.2, 0.25) is 0 Å². The zero-order valence-corrected chi connectivity index (χ0v) is 28.0. The fourth-order valence-electron chi connectivity index (χ4n) is 4.84. The SMILES string of the molecule is CC[Si](CC)(CC)OC(=O)CC(C(=O)O[Si](CC)(CC)CC)N(CCC[Si](C)(C)OC)c1ccccc1. The summed E-state index contributed by atoms with van der Waals surface area (Å²) in [6, 6.07) is 15.5. The Kier molecular flexibility index (Phi) is 14.4. The number of carbonyl (C=O) groups excluding carboxylic acids is 2. The molecule has 0 heterocycles. The van der Waals surface area contributed by atoms with Crippen LogP contribution in [-0.4, -0.2) is 56.6 Å². The lowest BCUT2D eigenvalue weighted by Crippen LogP contribution is -2.50. The molecule has 1 aromatic carbocycles. The van der Waals surface area contributed by atoms with Crippen LogP contribution in [0.4, 0.5) is 5.69 Å². The van der Waals surface area contributed by atoms with Gasteiger partial charge in [-0.2, -0.15) is 0 Å². The molecule has 0 fully saturated rings. The van der Waals surface area contributed by atoms with Crippen molar-refractivity contribution in [3.63, 3.8) is 0 Å². The van der Waals surface area contributed by atoms with E-state index in [1.165, 1.54) is 0 Å². The van der Waals surface area contributed by atoms with Gasteiger partial charge in [0, 0.05) is 19.3 Å². The molecule has 1 unspecified atom stereocenters. The van der Waals surface area contributed by atoms with Gasteiger partial charge in [-0.05, 0) is 74.0 Å². The third-order valence-electron chi connectivity index (χ3n) is 8.34. The molecule has 1 atom stereocenters. The van der Waals surface area contributed by atoms with Crippen molar-refractivity contribution in [1.29, 1.82) is 0 Å². The fourth-order valence-corrected chi connectivity index (χ4v) is 11.0. The average molecular weight is 568 g/mol. The molecule has 0 aliphatic heterocycles. The molecule has 0 aliphatic carbocycles. The monoisotopic (exact) mass is 567 g/mol. The van der Waals surface area contributed by atoms with Crippen molar-refractivity contribution in [2.45, 2.75) is 116 Å². The van der Waals surface area contributed by atoms with E-state index < -0.39 is 31.0 Å². The Morgan fingerprint density at radius 3 is 1.76 bits per heavy atom. The Hall–Kier alpha value is -1.43. The number of hydrogen-bond acceptors (Lipinski definition) is 6. The third kappa shape index (κ3) is 10.00. The van der Waals surface area contributed by atoms with E-state index in [1.54, 1.807) is 7.11 Å². The maximum atomic E-state index is 13.9. The van der Waals surface area contributed by atoms with Crippen LogP contribution in [0.3, 0.4) is 0 Å². The molecule has 0 bridgehead atoms. The zero-order valence-electron chi connectivity index (χ0n) is 25.0. The number of anilines is 1. The molecule has 6 nitrogen and oxygen atoms in total. The second kappa shape index (κ2) is 15.9. The highest BCUT2D eigenvalue weighted by Crippen LogP contribution is 2.28. The summed E-state index contributed by atoms with van der Waals surface area (Å²) >= 11 is 0. The van der Waals surface area contributed by atoms with E-state index in [9.17, 15) is 9.59 Å². The summed E-state index contributed by atoms with van der Waals surface area (Å²) in [5, 5.41) is 0. The zero-order chi connectivity index (χ0) is 28.1. The summed E-state index contributed by atoms with van der Waals surface area (Å²) in [4.78, 5) is 29.4. The van der Waals surface area contributed by atoms with E-state index in [2.05, 4.69) is 59.5 Å². The molecule has 0 saturated carbocycles. The maximum Gasteiger partial charge on any atom is 0.316 e. The average Bonchev–Trinajstić information content (AvgIpc) is 2.92.